The summed E-state index contributed by atoms with van der Waals surface area (Å²) in [7, 11) is 0. The molecule has 0 heterocycles. The predicted molar refractivity (Wildman–Crippen MR) is 107 cm³/mol. The number of thioether (sulfide) groups is 1. The Morgan fingerprint density at radius 3 is 1.82 bits per heavy atom. The lowest BCUT2D eigenvalue weighted by Gasteiger charge is -2.27. The van der Waals surface area contributed by atoms with Crippen LogP contribution in [0.25, 0.3) is 0 Å². The summed E-state index contributed by atoms with van der Waals surface area (Å²) in [5.74, 6) is 2.30. The van der Waals surface area contributed by atoms with Gasteiger partial charge in [-0.2, -0.15) is 11.8 Å². The lowest BCUT2D eigenvalue weighted by atomic mass is 9.88. The maximum Gasteiger partial charge on any atom is 0.0579 e. The maximum absolute atomic E-state index is 5.16. The highest BCUT2D eigenvalue weighted by atomic mass is 32.2. The van der Waals surface area contributed by atoms with Gasteiger partial charge in [0.1, 0.15) is 0 Å². The second-order valence-corrected chi connectivity index (χ2v) is 8.23. The molecule has 0 aliphatic heterocycles. The lowest BCUT2D eigenvalue weighted by molar-refractivity contribution is 0.368. The van der Waals surface area contributed by atoms with Gasteiger partial charge in [-0.1, -0.05) is 78.6 Å². The molecule has 0 radical (unpaired) electrons. The van der Waals surface area contributed by atoms with Crippen LogP contribution >= 0.6 is 11.8 Å². The van der Waals surface area contributed by atoms with E-state index >= 15 is 0 Å². The topological polar surface area (TPSA) is 12.4 Å². The Labute approximate surface area is 145 Å². The van der Waals surface area contributed by atoms with Crippen molar-refractivity contribution in [3.05, 3.63) is 0 Å². The first-order valence-electron chi connectivity index (χ1n) is 9.71. The first-order valence-corrected chi connectivity index (χ1v) is 10.9. The average Bonchev–Trinajstić information content (AvgIpc) is 2.49. The molecule has 0 rings (SSSR count). The molecular weight excluding hydrogens is 286 g/mol. The molecule has 2 heteroatoms. The van der Waals surface area contributed by atoms with Gasteiger partial charge in [0.25, 0.3) is 0 Å². The molecule has 0 N–H and O–H groups in total. The Morgan fingerprint density at radius 2 is 1.32 bits per heavy atom. The van der Waals surface area contributed by atoms with Crippen molar-refractivity contribution in [3.8, 4) is 0 Å². The molecule has 0 aromatic rings. The van der Waals surface area contributed by atoms with E-state index in [0.29, 0.717) is 0 Å². The molecule has 0 aromatic carbocycles. The molecule has 132 valence electrons. The van der Waals surface area contributed by atoms with Crippen molar-refractivity contribution in [2.24, 2.45) is 4.99 Å². The van der Waals surface area contributed by atoms with Gasteiger partial charge in [0.15, 0.2) is 0 Å². The minimum absolute atomic E-state index is 0.193. The Hall–Kier alpha value is 0.0200. The molecule has 1 atom stereocenters. The van der Waals surface area contributed by atoms with E-state index < -0.39 is 0 Å². The molecule has 0 aliphatic rings. The predicted octanol–water partition coefficient (Wildman–Crippen LogP) is 7.29. The second kappa shape index (κ2) is 14.6. The summed E-state index contributed by atoms with van der Waals surface area (Å²) in [5.41, 5.74) is 1.54. The van der Waals surface area contributed by atoms with Crippen molar-refractivity contribution in [2.75, 3.05) is 11.5 Å². The zero-order chi connectivity index (χ0) is 16.7. The fourth-order valence-corrected chi connectivity index (χ4v) is 3.59. The Bertz CT molecular complexity index is 275. The number of nitrogens with zero attached hydrogens (tertiary/aromatic N) is 1. The van der Waals surface area contributed by atoms with E-state index in [-0.39, 0.29) is 5.54 Å². The fourth-order valence-electron chi connectivity index (χ4n) is 3.02. The standard InChI is InChI=1S/C20H41NS/c1-6-9-11-13-15-17-20(5,16-14-12-10-7-2)21-19(4)18-22-8-3/h6-18H2,1-5H3. The van der Waals surface area contributed by atoms with Crippen LogP contribution in [0.2, 0.25) is 0 Å². The number of hydrogen-bond acceptors (Lipinski definition) is 2. The highest BCUT2D eigenvalue weighted by Crippen LogP contribution is 2.27. The van der Waals surface area contributed by atoms with Crippen LogP contribution in [0.4, 0.5) is 0 Å². The van der Waals surface area contributed by atoms with Crippen LogP contribution in [-0.4, -0.2) is 22.8 Å². The maximum atomic E-state index is 5.16. The molecule has 0 saturated carbocycles. The zero-order valence-corrected chi connectivity index (χ0v) is 16.9. The molecule has 0 bridgehead atoms. The average molecular weight is 328 g/mol. The molecular formula is C20H41NS. The van der Waals surface area contributed by atoms with E-state index in [0.717, 1.165) is 5.75 Å². The molecule has 1 unspecified atom stereocenters. The summed E-state index contributed by atoms with van der Waals surface area (Å²) in [6.45, 7) is 11.4. The van der Waals surface area contributed by atoms with Crippen molar-refractivity contribution in [1.29, 1.82) is 0 Å². The van der Waals surface area contributed by atoms with Gasteiger partial charge in [-0.15, -0.1) is 0 Å². The largest absolute Gasteiger partial charge is 0.287 e. The van der Waals surface area contributed by atoms with E-state index in [4.69, 9.17) is 4.99 Å². The zero-order valence-electron chi connectivity index (χ0n) is 16.0. The van der Waals surface area contributed by atoms with Crippen LogP contribution in [0.1, 0.15) is 105 Å². The van der Waals surface area contributed by atoms with Crippen LogP contribution in [0.15, 0.2) is 4.99 Å². The molecule has 0 saturated heterocycles. The van der Waals surface area contributed by atoms with Gasteiger partial charge >= 0.3 is 0 Å². The molecule has 0 fully saturated rings. The van der Waals surface area contributed by atoms with Crippen molar-refractivity contribution in [2.45, 2.75) is 111 Å². The first kappa shape index (κ1) is 22.0. The molecule has 0 amide bonds. The first-order chi connectivity index (χ1) is 10.6. The summed E-state index contributed by atoms with van der Waals surface area (Å²) in [6.07, 6.45) is 14.8. The summed E-state index contributed by atoms with van der Waals surface area (Å²) in [5, 5.41) is 0. The van der Waals surface area contributed by atoms with Gasteiger partial charge in [0.05, 0.1) is 5.54 Å². The third kappa shape index (κ3) is 12.6. The third-order valence-electron chi connectivity index (χ3n) is 4.36. The van der Waals surface area contributed by atoms with Gasteiger partial charge in [-0.05, 0) is 32.4 Å². The monoisotopic (exact) mass is 327 g/mol. The van der Waals surface area contributed by atoms with Gasteiger partial charge in [-0.25, -0.2) is 0 Å². The van der Waals surface area contributed by atoms with Crippen LogP contribution in [-0.2, 0) is 0 Å². The number of aliphatic imine (C=N–C) groups is 1. The smallest absolute Gasteiger partial charge is 0.0579 e. The Balaban J connectivity index is 4.39. The van der Waals surface area contributed by atoms with Crippen LogP contribution in [0, 0.1) is 0 Å². The van der Waals surface area contributed by atoms with Crippen LogP contribution < -0.4 is 0 Å². The summed E-state index contributed by atoms with van der Waals surface area (Å²) < 4.78 is 0. The highest BCUT2D eigenvalue weighted by molar-refractivity contribution is 7.99. The number of hydrogen-bond donors (Lipinski definition) is 0. The molecule has 0 spiro atoms. The Morgan fingerprint density at radius 1 is 0.818 bits per heavy atom. The minimum Gasteiger partial charge on any atom is -0.287 e. The lowest BCUT2D eigenvalue weighted by Crippen LogP contribution is -2.24. The molecule has 0 aliphatic carbocycles. The van der Waals surface area contributed by atoms with Crippen LogP contribution in [0.3, 0.4) is 0 Å². The number of unbranched alkanes of at least 4 members (excludes halogenated alkanes) is 7. The number of rotatable bonds is 15. The summed E-state index contributed by atoms with van der Waals surface area (Å²) >= 11 is 1.99. The van der Waals surface area contributed by atoms with Crippen molar-refractivity contribution >= 4 is 17.5 Å². The normalized spacial score (nSPS) is 15.0. The van der Waals surface area contributed by atoms with Crippen molar-refractivity contribution < 1.29 is 0 Å². The van der Waals surface area contributed by atoms with E-state index in [1.165, 1.54) is 82.1 Å². The molecule has 1 nitrogen and oxygen atoms in total. The quantitative estimate of drug-likeness (QED) is 0.227. The minimum atomic E-state index is 0.193. The second-order valence-electron chi connectivity index (χ2n) is 6.96. The van der Waals surface area contributed by atoms with Gasteiger partial charge in [0, 0.05) is 11.5 Å². The van der Waals surface area contributed by atoms with Crippen LogP contribution in [0.5, 0.6) is 0 Å². The fraction of sp³-hybridized carbons (Fsp3) is 0.950. The molecule has 0 aromatic heterocycles. The highest BCUT2D eigenvalue weighted by Gasteiger charge is 2.22. The molecule has 22 heavy (non-hydrogen) atoms. The van der Waals surface area contributed by atoms with E-state index in [9.17, 15) is 0 Å². The Kier molecular flexibility index (Phi) is 14.6. The van der Waals surface area contributed by atoms with E-state index in [1.54, 1.807) is 0 Å². The third-order valence-corrected chi connectivity index (χ3v) is 5.39. The summed E-state index contributed by atoms with van der Waals surface area (Å²) in [4.78, 5) is 5.16. The van der Waals surface area contributed by atoms with E-state index in [1.807, 2.05) is 11.8 Å². The van der Waals surface area contributed by atoms with Gasteiger partial charge in [-0.3, -0.25) is 4.99 Å². The van der Waals surface area contributed by atoms with E-state index in [2.05, 4.69) is 34.6 Å². The van der Waals surface area contributed by atoms with Gasteiger partial charge in [0.2, 0.25) is 0 Å². The van der Waals surface area contributed by atoms with Crippen molar-refractivity contribution in [3.63, 3.8) is 0 Å². The SMILES string of the molecule is CCCCCCCC(C)(CCCCCC)N=C(C)CSCC. The van der Waals surface area contributed by atoms with Gasteiger partial charge < -0.3 is 0 Å². The summed E-state index contributed by atoms with van der Waals surface area (Å²) in [6, 6.07) is 0. The van der Waals surface area contributed by atoms with Crippen molar-refractivity contribution in [1.82, 2.24) is 0 Å².